The number of hydrogen-bond donors (Lipinski definition) is 1. The number of likely N-dealkylation sites (tertiary alicyclic amines) is 1. The molecule has 2 aliphatic rings. The highest BCUT2D eigenvalue weighted by Crippen LogP contribution is 2.38. The van der Waals surface area contributed by atoms with Crippen LogP contribution in [0.5, 0.6) is 0 Å². The van der Waals surface area contributed by atoms with E-state index in [1.807, 2.05) is 6.92 Å². The molecule has 2 atom stereocenters. The van der Waals surface area contributed by atoms with Crippen LogP contribution in [0.15, 0.2) is 0 Å². The number of hydrogen-bond acceptors (Lipinski definition) is 2. The van der Waals surface area contributed by atoms with Crippen molar-refractivity contribution in [3.8, 4) is 0 Å². The molecule has 1 heterocycles. The monoisotopic (exact) mass is 239 g/mol. The van der Waals surface area contributed by atoms with Crippen LogP contribution >= 0.6 is 0 Å². The second kappa shape index (κ2) is 4.97. The summed E-state index contributed by atoms with van der Waals surface area (Å²) in [5.41, 5.74) is -0.465. The van der Waals surface area contributed by atoms with Crippen molar-refractivity contribution >= 4 is 5.97 Å². The summed E-state index contributed by atoms with van der Waals surface area (Å²) in [6.07, 6.45) is 6.99. The highest BCUT2D eigenvalue weighted by molar-refractivity contribution is 5.75. The van der Waals surface area contributed by atoms with E-state index in [4.69, 9.17) is 0 Å². The topological polar surface area (TPSA) is 40.5 Å². The van der Waals surface area contributed by atoms with Crippen LogP contribution in [0.3, 0.4) is 0 Å². The molecule has 0 amide bonds. The Bertz CT molecular complexity index is 286. The Balaban J connectivity index is 1.98. The summed E-state index contributed by atoms with van der Waals surface area (Å²) >= 11 is 0. The van der Waals surface area contributed by atoms with Crippen LogP contribution in [-0.2, 0) is 4.79 Å². The van der Waals surface area contributed by atoms with Gasteiger partial charge in [-0.3, -0.25) is 9.69 Å². The molecule has 0 aromatic rings. The van der Waals surface area contributed by atoms with Crippen LogP contribution in [0.1, 0.15) is 52.4 Å². The van der Waals surface area contributed by atoms with Gasteiger partial charge < -0.3 is 5.11 Å². The maximum Gasteiger partial charge on any atom is 0.310 e. The van der Waals surface area contributed by atoms with E-state index in [-0.39, 0.29) is 0 Å². The lowest BCUT2D eigenvalue weighted by Gasteiger charge is -2.31. The summed E-state index contributed by atoms with van der Waals surface area (Å²) in [5.74, 6) is 0.206. The van der Waals surface area contributed by atoms with Crippen molar-refractivity contribution in [1.82, 2.24) is 4.90 Å². The third-order valence-electron chi connectivity index (χ3n) is 5.17. The lowest BCUT2D eigenvalue weighted by Crippen LogP contribution is -2.40. The van der Waals surface area contributed by atoms with Crippen LogP contribution in [0.25, 0.3) is 0 Å². The van der Waals surface area contributed by atoms with Gasteiger partial charge in [-0.1, -0.05) is 19.8 Å². The maximum absolute atomic E-state index is 11.4. The van der Waals surface area contributed by atoms with Gasteiger partial charge in [0, 0.05) is 12.6 Å². The third-order valence-corrected chi connectivity index (χ3v) is 5.17. The van der Waals surface area contributed by atoms with Crippen LogP contribution in [0, 0.1) is 11.3 Å². The predicted octanol–water partition coefficient (Wildman–Crippen LogP) is 2.75. The quantitative estimate of drug-likeness (QED) is 0.820. The van der Waals surface area contributed by atoms with Crippen molar-refractivity contribution in [2.24, 2.45) is 11.3 Å². The van der Waals surface area contributed by atoms with Gasteiger partial charge in [0.05, 0.1) is 5.41 Å². The highest BCUT2D eigenvalue weighted by Gasteiger charge is 2.45. The molecule has 2 unspecified atom stereocenters. The molecule has 1 aliphatic carbocycles. The molecule has 2 fully saturated rings. The van der Waals surface area contributed by atoms with Gasteiger partial charge in [0.15, 0.2) is 0 Å². The first kappa shape index (κ1) is 12.9. The maximum atomic E-state index is 11.4. The number of rotatable bonds is 4. The molecule has 1 N–H and O–H groups in total. The van der Waals surface area contributed by atoms with E-state index in [0.717, 1.165) is 31.8 Å². The van der Waals surface area contributed by atoms with E-state index in [9.17, 15) is 9.90 Å². The molecule has 0 spiro atoms. The van der Waals surface area contributed by atoms with E-state index in [1.165, 1.54) is 25.7 Å². The minimum atomic E-state index is -0.596. The van der Waals surface area contributed by atoms with Crippen molar-refractivity contribution in [2.45, 2.75) is 58.4 Å². The number of carboxylic acid groups (broad SMARTS) is 1. The third kappa shape index (κ3) is 2.35. The number of carbonyl (C=O) groups is 1. The molecule has 1 aliphatic heterocycles. The molecular weight excluding hydrogens is 214 g/mol. The van der Waals surface area contributed by atoms with E-state index in [0.29, 0.717) is 6.04 Å². The SMILES string of the molecule is CCC1(C(=O)O)CCN(C(C)C2CCCC2)C1. The molecule has 0 radical (unpaired) electrons. The smallest absolute Gasteiger partial charge is 0.310 e. The van der Waals surface area contributed by atoms with E-state index < -0.39 is 11.4 Å². The second-order valence-electron chi connectivity index (χ2n) is 5.94. The van der Waals surface area contributed by atoms with Crippen molar-refractivity contribution in [3.05, 3.63) is 0 Å². The molecule has 0 aromatic heterocycles. The predicted molar refractivity (Wildman–Crippen MR) is 68.0 cm³/mol. The minimum absolute atomic E-state index is 0.465. The van der Waals surface area contributed by atoms with E-state index in [1.54, 1.807) is 0 Å². The Kier molecular flexibility index (Phi) is 3.76. The number of carboxylic acids is 1. The minimum Gasteiger partial charge on any atom is -0.481 e. The standard InChI is InChI=1S/C14H25NO2/c1-3-14(13(16)17)8-9-15(10-14)11(2)12-6-4-5-7-12/h11-12H,3-10H2,1-2H3,(H,16,17). The average Bonchev–Trinajstić information content (AvgIpc) is 2.98. The van der Waals surface area contributed by atoms with Crippen LogP contribution in [0.4, 0.5) is 0 Å². The lowest BCUT2D eigenvalue weighted by atomic mass is 9.84. The number of nitrogens with zero attached hydrogens (tertiary/aromatic N) is 1. The van der Waals surface area contributed by atoms with Gasteiger partial charge >= 0.3 is 5.97 Å². The fraction of sp³-hybridized carbons (Fsp3) is 0.929. The molecule has 1 saturated heterocycles. The molecular formula is C14H25NO2. The average molecular weight is 239 g/mol. The molecule has 98 valence electrons. The number of aliphatic carboxylic acids is 1. The summed E-state index contributed by atoms with van der Waals surface area (Å²) in [6.45, 7) is 6.04. The summed E-state index contributed by atoms with van der Waals surface area (Å²) in [6, 6.07) is 0.574. The second-order valence-corrected chi connectivity index (χ2v) is 5.94. The molecule has 0 aromatic carbocycles. The van der Waals surface area contributed by atoms with Gasteiger partial charge in [-0.05, 0) is 45.1 Å². The van der Waals surface area contributed by atoms with Gasteiger partial charge in [0.2, 0.25) is 0 Å². The Morgan fingerprint density at radius 1 is 1.47 bits per heavy atom. The van der Waals surface area contributed by atoms with E-state index in [2.05, 4.69) is 11.8 Å². The Hall–Kier alpha value is -0.570. The normalized spacial score (nSPS) is 33.1. The molecule has 17 heavy (non-hydrogen) atoms. The van der Waals surface area contributed by atoms with Crippen molar-refractivity contribution < 1.29 is 9.90 Å². The Morgan fingerprint density at radius 3 is 2.59 bits per heavy atom. The van der Waals surface area contributed by atoms with Gasteiger partial charge in [-0.15, -0.1) is 0 Å². The summed E-state index contributed by atoms with van der Waals surface area (Å²) in [7, 11) is 0. The van der Waals surface area contributed by atoms with Crippen molar-refractivity contribution in [3.63, 3.8) is 0 Å². The summed E-state index contributed by atoms with van der Waals surface area (Å²) in [4.78, 5) is 13.8. The van der Waals surface area contributed by atoms with Gasteiger partial charge in [-0.2, -0.15) is 0 Å². The van der Waals surface area contributed by atoms with Crippen LogP contribution in [0.2, 0.25) is 0 Å². The molecule has 3 heteroatoms. The van der Waals surface area contributed by atoms with Gasteiger partial charge in [0.1, 0.15) is 0 Å². The zero-order chi connectivity index (χ0) is 12.5. The Labute approximate surface area is 104 Å². The highest BCUT2D eigenvalue weighted by atomic mass is 16.4. The zero-order valence-electron chi connectivity index (χ0n) is 11.1. The fourth-order valence-corrected chi connectivity index (χ4v) is 3.60. The van der Waals surface area contributed by atoms with Gasteiger partial charge in [0.25, 0.3) is 0 Å². The van der Waals surface area contributed by atoms with Crippen LogP contribution < -0.4 is 0 Å². The molecule has 3 nitrogen and oxygen atoms in total. The molecule has 2 rings (SSSR count). The summed E-state index contributed by atoms with van der Waals surface area (Å²) < 4.78 is 0. The first-order chi connectivity index (χ1) is 8.09. The van der Waals surface area contributed by atoms with Crippen LogP contribution in [-0.4, -0.2) is 35.1 Å². The fourth-order valence-electron chi connectivity index (χ4n) is 3.60. The molecule has 1 saturated carbocycles. The summed E-state index contributed by atoms with van der Waals surface area (Å²) in [5, 5.41) is 9.40. The largest absolute Gasteiger partial charge is 0.481 e. The first-order valence-corrected chi connectivity index (χ1v) is 7.06. The Morgan fingerprint density at radius 2 is 2.12 bits per heavy atom. The zero-order valence-corrected chi connectivity index (χ0v) is 11.1. The van der Waals surface area contributed by atoms with Gasteiger partial charge in [-0.25, -0.2) is 0 Å². The first-order valence-electron chi connectivity index (χ1n) is 7.06. The lowest BCUT2D eigenvalue weighted by molar-refractivity contribution is -0.148. The van der Waals surface area contributed by atoms with Crippen molar-refractivity contribution in [2.75, 3.05) is 13.1 Å². The van der Waals surface area contributed by atoms with E-state index >= 15 is 0 Å². The van der Waals surface area contributed by atoms with Crippen molar-refractivity contribution in [1.29, 1.82) is 0 Å². The molecule has 0 bridgehead atoms.